The number of nitrogens with zero attached hydrogens (tertiary/aromatic N) is 4. The molecule has 0 N–H and O–H groups in total. The number of aromatic nitrogens is 2. The topological polar surface area (TPSA) is 67.8 Å². The van der Waals surface area contributed by atoms with Crippen LogP contribution in [0.3, 0.4) is 0 Å². The molecule has 4 rings (SSSR count). The summed E-state index contributed by atoms with van der Waals surface area (Å²) >= 11 is 1.38. The SMILES string of the molecule is CCOC(=O)c1sc2ncnc(N3CCCN(c4ccc(OC)cc4)CC3)c2c1C. The summed E-state index contributed by atoms with van der Waals surface area (Å²) in [6.07, 6.45) is 2.61. The molecule has 0 amide bonds. The number of esters is 1. The summed E-state index contributed by atoms with van der Waals surface area (Å²) in [6.45, 7) is 7.76. The third-order valence-corrected chi connectivity index (χ3v) is 6.58. The molecular formula is C22H26N4O3S. The van der Waals surface area contributed by atoms with Crippen LogP contribution >= 0.6 is 11.3 Å². The number of ether oxygens (including phenoxy) is 2. The highest BCUT2D eigenvalue weighted by Crippen LogP contribution is 2.35. The Bertz CT molecular complexity index is 1030. The fourth-order valence-electron chi connectivity index (χ4n) is 3.86. The van der Waals surface area contributed by atoms with Gasteiger partial charge in [-0.2, -0.15) is 0 Å². The van der Waals surface area contributed by atoms with Gasteiger partial charge in [-0.25, -0.2) is 14.8 Å². The van der Waals surface area contributed by atoms with E-state index in [1.807, 2.05) is 26.0 Å². The van der Waals surface area contributed by atoms with Crippen LogP contribution in [0, 0.1) is 6.92 Å². The van der Waals surface area contributed by atoms with Crippen LogP contribution in [0.4, 0.5) is 11.5 Å². The molecule has 1 aliphatic heterocycles. The van der Waals surface area contributed by atoms with E-state index in [-0.39, 0.29) is 5.97 Å². The first kappa shape index (κ1) is 20.4. The Morgan fingerprint density at radius 2 is 1.83 bits per heavy atom. The summed E-state index contributed by atoms with van der Waals surface area (Å²) in [7, 11) is 1.68. The van der Waals surface area contributed by atoms with Crippen molar-refractivity contribution in [3.8, 4) is 5.75 Å². The van der Waals surface area contributed by atoms with Gasteiger partial charge in [0.05, 0.1) is 19.1 Å². The fraction of sp³-hybridized carbons (Fsp3) is 0.409. The largest absolute Gasteiger partial charge is 0.497 e. The number of benzene rings is 1. The Hall–Kier alpha value is -2.87. The van der Waals surface area contributed by atoms with E-state index in [0.717, 1.165) is 59.9 Å². The number of thiophene rings is 1. The van der Waals surface area contributed by atoms with Gasteiger partial charge < -0.3 is 19.3 Å². The second-order valence-corrected chi connectivity index (χ2v) is 8.18. The van der Waals surface area contributed by atoms with Crippen molar-refractivity contribution in [1.29, 1.82) is 0 Å². The second kappa shape index (κ2) is 8.87. The number of anilines is 2. The first-order chi connectivity index (χ1) is 14.6. The molecule has 1 fully saturated rings. The lowest BCUT2D eigenvalue weighted by molar-refractivity contribution is 0.0531. The molecule has 3 aromatic rings. The van der Waals surface area contributed by atoms with Crippen molar-refractivity contribution in [3.05, 3.63) is 41.0 Å². The van der Waals surface area contributed by atoms with Gasteiger partial charge in [0, 0.05) is 31.9 Å². The number of hydrogen-bond acceptors (Lipinski definition) is 8. The predicted octanol–water partition coefficient (Wildman–Crippen LogP) is 3.90. The first-order valence-corrected chi connectivity index (χ1v) is 11.0. The molecule has 0 bridgehead atoms. The molecule has 0 unspecified atom stereocenters. The van der Waals surface area contributed by atoms with Crippen molar-refractivity contribution >= 4 is 39.0 Å². The average molecular weight is 427 g/mol. The standard InChI is InChI=1S/C22H26N4O3S/c1-4-29-22(27)19-15(2)18-20(23-14-24-21(18)30-19)26-11-5-10-25(12-13-26)16-6-8-17(28-3)9-7-16/h6-9,14H,4-5,10-13H2,1-3H3. The predicted molar refractivity (Wildman–Crippen MR) is 120 cm³/mol. The van der Waals surface area contributed by atoms with Crippen LogP contribution in [0.2, 0.25) is 0 Å². The third-order valence-electron chi connectivity index (χ3n) is 5.40. The number of fused-ring (bicyclic) bond motifs is 1. The van der Waals surface area contributed by atoms with Crippen molar-refractivity contribution in [2.75, 3.05) is 49.7 Å². The molecule has 2 aromatic heterocycles. The van der Waals surface area contributed by atoms with E-state index in [0.29, 0.717) is 11.5 Å². The Labute approximate surface area is 180 Å². The van der Waals surface area contributed by atoms with E-state index < -0.39 is 0 Å². The molecule has 0 atom stereocenters. The van der Waals surface area contributed by atoms with Gasteiger partial charge in [0.15, 0.2) is 0 Å². The zero-order valence-corrected chi connectivity index (χ0v) is 18.4. The van der Waals surface area contributed by atoms with E-state index in [1.165, 1.54) is 17.0 Å². The molecule has 0 radical (unpaired) electrons. The van der Waals surface area contributed by atoms with Crippen molar-refractivity contribution in [3.63, 3.8) is 0 Å². The zero-order valence-electron chi connectivity index (χ0n) is 17.6. The number of carbonyl (C=O) groups excluding carboxylic acids is 1. The van der Waals surface area contributed by atoms with Gasteiger partial charge in [0.1, 0.15) is 27.6 Å². The minimum absolute atomic E-state index is 0.287. The molecule has 1 saturated heterocycles. The Morgan fingerprint density at radius 1 is 1.10 bits per heavy atom. The van der Waals surface area contributed by atoms with Gasteiger partial charge in [0.2, 0.25) is 0 Å². The van der Waals surface area contributed by atoms with E-state index in [1.54, 1.807) is 13.4 Å². The van der Waals surface area contributed by atoms with Crippen molar-refractivity contribution in [2.24, 2.45) is 0 Å². The Morgan fingerprint density at radius 3 is 2.57 bits per heavy atom. The van der Waals surface area contributed by atoms with Crippen molar-refractivity contribution in [1.82, 2.24) is 9.97 Å². The number of methoxy groups -OCH3 is 1. The summed E-state index contributed by atoms with van der Waals surface area (Å²) in [4.78, 5) is 27.5. The number of hydrogen-bond donors (Lipinski definition) is 0. The van der Waals surface area contributed by atoms with E-state index in [2.05, 4.69) is 31.9 Å². The minimum atomic E-state index is -0.287. The summed E-state index contributed by atoms with van der Waals surface area (Å²) in [5.41, 5.74) is 2.10. The van der Waals surface area contributed by atoms with Gasteiger partial charge >= 0.3 is 5.97 Å². The van der Waals surface area contributed by atoms with Crippen LogP contribution < -0.4 is 14.5 Å². The number of aryl methyl sites for hydroxylation is 1. The van der Waals surface area contributed by atoms with Gasteiger partial charge in [-0.15, -0.1) is 11.3 Å². The highest BCUT2D eigenvalue weighted by atomic mass is 32.1. The lowest BCUT2D eigenvalue weighted by Crippen LogP contribution is -2.31. The van der Waals surface area contributed by atoms with Gasteiger partial charge in [0.25, 0.3) is 0 Å². The molecule has 0 saturated carbocycles. The molecular weight excluding hydrogens is 400 g/mol. The maximum Gasteiger partial charge on any atom is 0.348 e. The van der Waals surface area contributed by atoms with Gasteiger partial charge in [-0.3, -0.25) is 0 Å². The smallest absolute Gasteiger partial charge is 0.348 e. The molecule has 1 aliphatic rings. The molecule has 0 aliphatic carbocycles. The van der Waals surface area contributed by atoms with Crippen LogP contribution in [0.5, 0.6) is 5.75 Å². The normalized spacial score (nSPS) is 14.6. The summed E-state index contributed by atoms with van der Waals surface area (Å²) in [5, 5.41) is 0.962. The summed E-state index contributed by atoms with van der Waals surface area (Å²) < 4.78 is 10.5. The summed E-state index contributed by atoms with van der Waals surface area (Å²) in [6, 6.07) is 8.20. The Kier molecular flexibility index (Phi) is 6.03. The van der Waals surface area contributed by atoms with Gasteiger partial charge in [-0.1, -0.05) is 0 Å². The van der Waals surface area contributed by atoms with Crippen molar-refractivity contribution in [2.45, 2.75) is 20.3 Å². The monoisotopic (exact) mass is 426 g/mol. The minimum Gasteiger partial charge on any atom is -0.497 e. The number of carbonyl (C=O) groups is 1. The molecule has 30 heavy (non-hydrogen) atoms. The zero-order chi connectivity index (χ0) is 21.1. The van der Waals surface area contributed by atoms with E-state index in [4.69, 9.17) is 9.47 Å². The highest BCUT2D eigenvalue weighted by Gasteiger charge is 2.24. The molecule has 1 aromatic carbocycles. The van der Waals surface area contributed by atoms with Crippen LogP contribution in [0.1, 0.15) is 28.6 Å². The number of rotatable bonds is 5. The lowest BCUT2D eigenvalue weighted by Gasteiger charge is -2.24. The lowest BCUT2D eigenvalue weighted by atomic mass is 10.2. The van der Waals surface area contributed by atoms with Crippen LogP contribution in [-0.2, 0) is 4.74 Å². The van der Waals surface area contributed by atoms with Crippen molar-refractivity contribution < 1.29 is 14.3 Å². The fourth-order valence-corrected chi connectivity index (χ4v) is 4.90. The molecule has 7 nitrogen and oxygen atoms in total. The summed E-state index contributed by atoms with van der Waals surface area (Å²) in [5.74, 6) is 1.48. The second-order valence-electron chi connectivity index (χ2n) is 7.18. The average Bonchev–Trinajstić information content (AvgIpc) is 2.95. The quantitative estimate of drug-likeness (QED) is 0.573. The first-order valence-electron chi connectivity index (χ1n) is 10.2. The van der Waals surface area contributed by atoms with Crippen LogP contribution in [0.25, 0.3) is 10.2 Å². The molecule has 3 heterocycles. The highest BCUT2D eigenvalue weighted by molar-refractivity contribution is 7.20. The van der Waals surface area contributed by atoms with Gasteiger partial charge in [-0.05, 0) is 50.1 Å². The maximum absolute atomic E-state index is 12.3. The van der Waals surface area contributed by atoms with E-state index >= 15 is 0 Å². The maximum atomic E-state index is 12.3. The molecule has 8 heteroatoms. The van der Waals surface area contributed by atoms with Crippen LogP contribution in [0.15, 0.2) is 30.6 Å². The third kappa shape index (κ3) is 3.92. The Balaban J connectivity index is 1.59. The molecule has 158 valence electrons. The molecule has 0 spiro atoms. The van der Waals surface area contributed by atoms with Crippen LogP contribution in [-0.4, -0.2) is 55.8 Å². The van der Waals surface area contributed by atoms with E-state index in [9.17, 15) is 4.79 Å².